The Balaban J connectivity index is 2.16. The van der Waals surface area contributed by atoms with E-state index < -0.39 is 12.0 Å². The number of thiazole rings is 1. The zero-order valence-corrected chi connectivity index (χ0v) is 12.7. The van der Waals surface area contributed by atoms with Gasteiger partial charge in [-0.2, -0.15) is 0 Å². The molecular weight excluding hydrogens is 298 g/mol. The smallest absolute Gasteiger partial charge is 0.338 e. The fourth-order valence-electron chi connectivity index (χ4n) is 1.62. The lowest BCUT2D eigenvalue weighted by molar-refractivity contribution is 0.0697. The molecule has 0 aliphatic carbocycles. The molecular formula is C12H13N3O3S2. The third-order valence-corrected chi connectivity index (χ3v) is 4.62. The first-order valence-corrected chi connectivity index (χ1v) is 7.35. The third kappa shape index (κ3) is 2.97. The Kier molecular flexibility index (Phi) is 4.05. The minimum Gasteiger partial charge on any atom is -0.478 e. The Hall–Kier alpha value is -1.93. The largest absolute Gasteiger partial charge is 0.478 e. The Morgan fingerprint density at radius 3 is 2.45 bits per heavy atom. The third-order valence-electron chi connectivity index (χ3n) is 2.67. The highest BCUT2D eigenvalue weighted by Crippen LogP contribution is 2.32. The van der Waals surface area contributed by atoms with Crippen molar-refractivity contribution in [2.75, 3.05) is 10.6 Å². The molecule has 2 aromatic heterocycles. The van der Waals surface area contributed by atoms with Gasteiger partial charge in [-0.3, -0.25) is 10.6 Å². The average Bonchev–Trinajstić information content (AvgIpc) is 2.84. The van der Waals surface area contributed by atoms with E-state index in [1.807, 2.05) is 13.8 Å². The lowest BCUT2D eigenvalue weighted by Crippen LogP contribution is -2.20. The summed E-state index contributed by atoms with van der Waals surface area (Å²) in [6.45, 7) is 5.43. The van der Waals surface area contributed by atoms with Gasteiger partial charge in [0.15, 0.2) is 5.13 Å². The van der Waals surface area contributed by atoms with E-state index >= 15 is 0 Å². The number of aromatic nitrogens is 1. The van der Waals surface area contributed by atoms with Crippen LogP contribution in [0.4, 0.5) is 14.9 Å². The number of nitrogens with one attached hydrogen (secondary N) is 2. The maximum absolute atomic E-state index is 11.8. The monoisotopic (exact) mass is 311 g/mol. The number of carbonyl (C=O) groups excluding carboxylic acids is 1. The molecule has 0 fully saturated rings. The maximum atomic E-state index is 11.8. The number of rotatable bonds is 3. The van der Waals surface area contributed by atoms with E-state index in [1.165, 1.54) is 22.7 Å². The molecule has 0 aliphatic heterocycles. The van der Waals surface area contributed by atoms with E-state index in [1.54, 1.807) is 13.1 Å². The fraction of sp³-hybridized carbons (Fsp3) is 0.250. The standard InChI is InChI=1S/C12H13N3O3S2/c1-5-4-13-12(19-5)15-11(18)14-9-8(10(16)17)6(2)7(3)20-9/h4H,1-3H3,(H,16,17)(H2,13,14,15,18). The van der Waals surface area contributed by atoms with Crippen molar-refractivity contribution in [3.05, 3.63) is 27.1 Å². The first-order chi connectivity index (χ1) is 9.38. The molecule has 0 spiro atoms. The van der Waals surface area contributed by atoms with Crippen LogP contribution in [0.1, 0.15) is 25.7 Å². The lowest BCUT2D eigenvalue weighted by Gasteiger charge is -2.04. The van der Waals surface area contributed by atoms with Gasteiger partial charge in [0.1, 0.15) is 5.00 Å². The van der Waals surface area contributed by atoms with Crippen LogP contribution >= 0.6 is 22.7 Å². The molecule has 0 aliphatic rings. The number of carbonyl (C=O) groups is 2. The molecule has 8 heteroatoms. The van der Waals surface area contributed by atoms with E-state index in [0.29, 0.717) is 15.7 Å². The van der Waals surface area contributed by atoms with E-state index in [-0.39, 0.29) is 5.56 Å². The summed E-state index contributed by atoms with van der Waals surface area (Å²) in [6.07, 6.45) is 1.66. The topological polar surface area (TPSA) is 91.3 Å². The van der Waals surface area contributed by atoms with Crippen LogP contribution in [0.25, 0.3) is 0 Å². The minimum atomic E-state index is -1.05. The van der Waals surface area contributed by atoms with Gasteiger partial charge in [-0.15, -0.1) is 22.7 Å². The lowest BCUT2D eigenvalue weighted by atomic mass is 10.1. The molecule has 20 heavy (non-hydrogen) atoms. The van der Waals surface area contributed by atoms with Crippen molar-refractivity contribution in [1.82, 2.24) is 4.98 Å². The van der Waals surface area contributed by atoms with Crippen molar-refractivity contribution in [3.63, 3.8) is 0 Å². The highest BCUT2D eigenvalue weighted by atomic mass is 32.1. The van der Waals surface area contributed by atoms with Crippen molar-refractivity contribution in [1.29, 1.82) is 0 Å². The number of hydrogen-bond acceptors (Lipinski definition) is 5. The number of aryl methyl sites for hydroxylation is 2. The normalized spacial score (nSPS) is 10.3. The second kappa shape index (κ2) is 5.59. The van der Waals surface area contributed by atoms with Crippen molar-refractivity contribution in [2.24, 2.45) is 0 Å². The van der Waals surface area contributed by atoms with E-state index in [4.69, 9.17) is 0 Å². The maximum Gasteiger partial charge on any atom is 0.338 e. The number of thiophene rings is 1. The molecule has 0 saturated heterocycles. The molecule has 106 valence electrons. The number of amides is 2. The molecule has 0 aromatic carbocycles. The minimum absolute atomic E-state index is 0.137. The van der Waals surface area contributed by atoms with Gasteiger partial charge in [-0.25, -0.2) is 14.6 Å². The molecule has 2 amide bonds. The molecule has 0 unspecified atom stereocenters. The highest BCUT2D eigenvalue weighted by molar-refractivity contribution is 7.17. The molecule has 0 radical (unpaired) electrons. The van der Waals surface area contributed by atoms with Crippen LogP contribution in [0, 0.1) is 20.8 Å². The van der Waals surface area contributed by atoms with Crippen LogP contribution in [-0.4, -0.2) is 22.1 Å². The predicted octanol–water partition coefficient (Wildman–Crippen LogP) is 3.47. The molecule has 2 aromatic rings. The summed E-state index contributed by atoms with van der Waals surface area (Å²) >= 11 is 2.59. The summed E-state index contributed by atoms with van der Waals surface area (Å²) in [6, 6.07) is -0.497. The Morgan fingerprint density at radius 2 is 1.90 bits per heavy atom. The van der Waals surface area contributed by atoms with Crippen molar-refractivity contribution >= 4 is 44.8 Å². The Labute approximate surface area is 123 Å². The number of carboxylic acids is 1. The summed E-state index contributed by atoms with van der Waals surface area (Å²) in [5.41, 5.74) is 0.806. The highest BCUT2D eigenvalue weighted by Gasteiger charge is 2.20. The molecule has 2 heterocycles. The predicted molar refractivity (Wildman–Crippen MR) is 80.2 cm³/mol. The number of hydrogen-bond donors (Lipinski definition) is 3. The number of anilines is 2. The summed E-state index contributed by atoms with van der Waals surface area (Å²) in [5.74, 6) is -1.05. The van der Waals surface area contributed by atoms with Crippen molar-refractivity contribution in [2.45, 2.75) is 20.8 Å². The van der Waals surface area contributed by atoms with Gasteiger partial charge in [0.25, 0.3) is 0 Å². The van der Waals surface area contributed by atoms with Gasteiger partial charge in [0.2, 0.25) is 0 Å². The van der Waals surface area contributed by atoms with Crippen LogP contribution in [-0.2, 0) is 0 Å². The van der Waals surface area contributed by atoms with Gasteiger partial charge in [-0.05, 0) is 26.3 Å². The molecule has 3 N–H and O–H groups in total. The van der Waals surface area contributed by atoms with Crippen LogP contribution in [0.15, 0.2) is 6.20 Å². The molecule has 2 rings (SSSR count). The Morgan fingerprint density at radius 1 is 1.20 bits per heavy atom. The quantitative estimate of drug-likeness (QED) is 0.809. The summed E-state index contributed by atoms with van der Waals surface area (Å²) in [7, 11) is 0. The van der Waals surface area contributed by atoms with Crippen molar-refractivity contribution in [3.8, 4) is 0 Å². The zero-order valence-electron chi connectivity index (χ0n) is 11.1. The average molecular weight is 311 g/mol. The van der Waals surface area contributed by atoms with Gasteiger partial charge >= 0.3 is 12.0 Å². The first kappa shape index (κ1) is 14.5. The number of aromatic carboxylic acids is 1. The Bertz CT molecular complexity index is 676. The second-order valence-corrected chi connectivity index (χ2v) is 6.61. The number of carboxylic acid groups (broad SMARTS) is 1. The molecule has 6 nitrogen and oxygen atoms in total. The van der Waals surface area contributed by atoms with E-state index in [9.17, 15) is 14.7 Å². The van der Waals surface area contributed by atoms with Crippen molar-refractivity contribution < 1.29 is 14.7 Å². The number of nitrogens with zero attached hydrogens (tertiary/aromatic N) is 1. The van der Waals surface area contributed by atoms with E-state index in [2.05, 4.69) is 15.6 Å². The summed E-state index contributed by atoms with van der Waals surface area (Å²) in [5, 5.41) is 15.1. The fourth-order valence-corrected chi connectivity index (χ4v) is 3.32. The van der Waals surface area contributed by atoms with Crippen LogP contribution in [0.2, 0.25) is 0 Å². The molecule has 0 saturated carbocycles. The molecule has 0 atom stereocenters. The van der Waals surface area contributed by atoms with Crippen LogP contribution in [0.3, 0.4) is 0 Å². The van der Waals surface area contributed by atoms with E-state index in [0.717, 1.165) is 9.75 Å². The number of urea groups is 1. The first-order valence-electron chi connectivity index (χ1n) is 5.72. The van der Waals surface area contributed by atoms with Crippen LogP contribution < -0.4 is 10.6 Å². The second-order valence-electron chi connectivity index (χ2n) is 4.15. The zero-order chi connectivity index (χ0) is 14.9. The van der Waals surface area contributed by atoms with Gasteiger partial charge in [-0.1, -0.05) is 0 Å². The summed E-state index contributed by atoms with van der Waals surface area (Å²) in [4.78, 5) is 28.9. The summed E-state index contributed by atoms with van der Waals surface area (Å²) < 4.78 is 0. The molecule has 0 bridgehead atoms. The van der Waals surface area contributed by atoms with Gasteiger partial charge in [0, 0.05) is 16.0 Å². The van der Waals surface area contributed by atoms with Gasteiger partial charge in [0.05, 0.1) is 5.56 Å². The van der Waals surface area contributed by atoms with Gasteiger partial charge < -0.3 is 5.11 Å². The van der Waals surface area contributed by atoms with Crippen LogP contribution in [0.5, 0.6) is 0 Å². The SMILES string of the molecule is Cc1cnc(NC(=O)Nc2sc(C)c(C)c2C(=O)O)s1.